The van der Waals surface area contributed by atoms with Gasteiger partial charge >= 0.3 is 0 Å². The third-order valence-corrected chi connectivity index (χ3v) is 6.38. The molecule has 0 saturated heterocycles. The summed E-state index contributed by atoms with van der Waals surface area (Å²) < 4.78 is 13.2. The van der Waals surface area contributed by atoms with Crippen molar-refractivity contribution < 1.29 is 9.18 Å². The number of rotatable bonds is 4. The Bertz CT molecular complexity index is 1240. The highest BCUT2D eigenvalue weighted by atomic mass is 35.5. The van der Waals surface area contributed by atoms with Gasteiger partial charge in [0.25, 0.3) is 0 Å². The summed E-state index contributed by atoms with van der Waals surface area (Å²) in [5.41, 5.74) is 6.22. The van der Waals surface area contributed by atoms with E-state index in [4.69, 9.17) is 21.6 Å². The minimum absolute atomic E-state index is 0.148. The van der Waals surface area contributed by atoms with E-state index in [0.29, 0.717) is 12.1 Å². The summed E-state index contributed by atoms with van der Waals surface area (Å²) in [6.45, 7) is 4.10. The summed E-state index contributed by atoms with van der Waals surface area (Å²) in [4.78, 5) is 22.3. The second-order valence-corrected chi connectivity index (χ2v) is 8.95. The van der Waals surface area contributed by atoms with Crippen molar-refractivity contribution in [1.29, 1.82) is 0 Å². The third kappa shape index (κ3) is 5.26. The van der Waals surface area contributed by atoms with Crippen LogP contribution in [0.15, 0.2) is 70.6 Å². The molecule has 4 rings (SSSR count). The van der Waals surface area contributed by atoms with Gasteiger partial charge in [-0.15, -0.1) is 11.8 Å². The summed E-state index contributed by atoms with van der Waals surface area (Å²) in [5.74, 6) is -0.546. The van der Waals surface area contributed by atoms with E-state index in [1.54, 1.807) is 0 Å². The molecule has 0 unspecified atom stereocenters. The van der Waals surface area contributed by atoms with Gasteiger partial charge in [0.1, 0.15) is 5.82 Å². The molecule has 0 bridgehead atoms. The van der Waals surface area contributed by atoms with Crippen molar-refractivity contribution in [2.45, 2.75) is 20.3 Å². The average Bonchev–Trinajstić information content (AvgIpc) is 2.94. The summed E-state index contributed by atoms with van der Waals surface area (Å²) in [6.07, 6.45) is 0.520. The van der Waals surface area contributed by atoms with Crippen molar-refractivity contribution in [1.82, 2.24) is 0 Å². The molecule has 1 aliphatic rings. The highest BCUT2D eigenvalue weighted by Gasteiger charge is 2.18. The maximum Gasteiger partial charge on any atom is 0.234 e. The molecule has 0 spiro atoms. The van der Waals surface area contributed by atoms with Crippen molar-refractivity contribution in [3.8, 4) is 0 Å². The van der Waals surface area contributed by atoms with Crippen LogP contribution >= 0.6 is 23.4 Å². The van der Waals surface area contributed by atoms with Crippen LogP contribution in [0.1, 0.15) is 23.1 Å². The summed E-state index contributed by atoms with van der Waals surface area (Å²) >= 11 is 7.37. The van der Waals surface area contributed by atoms with E-state index in [1.165, 1.54) is 30.0 Å². The maximum absolute atomic E-state index is 13.2. The number of hydrogen-bond acceptors (Lipinski definition) is 4. The van der Waals surface area contributed by atoms with Crippen molar-refractivity contribution in [2.24, 2.45) is 9.98 Å². The van der Waals surface area contributed by atoms with E-state index in [2.05, 4.69) is 12.2 Å². The minimum Gasteiger partial charge on any atom is -0.324 e. The van der Waals surface area contributed by atoms with Gasteiger partial charge in [0, 0.05) is 6.42 Å². The Morgan fingerprint density at radius 3 is 2.41 bits per heavy atom. The Balaban J connectivity index is 1.57. The number of nitrogens with one attached hydrogen (secondary N) is 1. The molecule has 0 radical (unpaired) electrons. The summed E-state index contributed by atoms with van der Waals surface area (Å²) in [6, 6.07) is 17.9. The number of nitrogens with zero attached hydrogens (tertiary/aromatic N) is 2. The number of carbonyl (C=O) groups excluding carboxylic acids is 1. The fraction of sp³-hybridized carbons (Fsp3) is 0.160. The summed E-state index contributed by atoms with van der Waals surface area (Å²) in [5, 5.41) is 3.69. The second-order valence-electron chi connectivity index (χ2n) is 7.49. The number of aliphatic imine (C=N–C) groups is 2. The Labute approximate surface area is 195 Å². The monoisotopic (exact) mass is 465 g/mol. The van der Waals surface area contributed by atoms with Crippen LogP contribution in [-0.4, -0.2) is 22.4 Å². The van der Waals surface area contributed by atoms with E-state index in [1.807, 2.05) is 49.4 Å². The average molecular weight is 466 g/mol. The van der Waals surface area contributed by atoms with Gasteiger partial charge in [0.05, 0.1) is 38.6 Å². The molecule has 3 aromatic rings. The van der Waals surface area contributed by atoms with Gasteiger partial charge in [-0.2, -0.15) is 0 Å². The van der Waals surface area contributed by atoms with Gasteiger partial charge in [0.2, 0.25) is 5.91 Å². The predicted molar refractivity (Wildman–Crippen MR) is 133 cm³/mol. The lowest BCUT2D eigenvalue weighted by Gasteiger charge is -2.09. The van der Waals surface area contributed by atoms with Gasteiger partial charge in [-0.05, 0) is 60.9 Å². The Morgan fingerprint density at radius 1 is 1.03 bits per heavy atom. The molecule has 162 valence electrons. The number of anilines is 1. The van der Waals surface area contributed by atoms with Crippen LogP contribution < -0.4 is 5.32 Å². The number of hydrogen-bond donors (Lipinski definition) is 1. The van der Waals surface area contributed by atoms with E-state index in [-0.39, 0.29) is 16.7 Å². The first-order valence-electron chi connectivity index (χ1n) is 10.1. The van der Waals surface area contributed by atoms with E-state index >= 15 is 0 Å². The molecule has 0 saturated carbocycles. The molecule has 0 aromatic heterocycles. The highest BCUT2D eigenvalue weighted by Crippen LogP contribution is 2.36. The highest BCUT2D eigenvalue weighted by molar-refractivity contribution is 8.14. The summed E-state index contributed by atoms with van der Waals surface area (Å²) in [7, 11) is 0. The zero-order valence-corrected chi connectivity index (χ0v) is 19.2. The van der Waals surface area contributed by atoms with Gasteiger partial charge in [-0.3, -0.25) is 9.79 Å². The number of halogens is 2. The number of benzene rings is 3. The fourth-order valence-corrected chi connectivity index (χ4v) is 4.26. The van der Waals surface area contributed by atoms with Crippen molar-refractivity contribution in [3.63, 3.8) is 0 Å². The molecule has 1 N–H and O–H groups in total. The lowest BCUT2D eigenvalue weighted by Crippen LogP contribution is -2.16. The van der Waals surface area contributed by atoms with Gasteiger partial charge in [0.15, 0.2) is 0 Å². The minimum atomic E-state index is -0.452. The molecule has 1 amide bonds. The maximum atomic E-state index is 13.2. The van der Waals surface area contributed by atoms with Crippen LogP contribution in [0.5, 0.6) is 0 Å². The number of carbonyl (C=O) groups is 1. The molecule has 0 atom stereocenters. The van der Waals surface area contributed by atoms with Crippen LogP contribution in [0, 0.1) is 19.7 Å². The zero-order chi connectivity index (χ0) is 22.7. The molecule has 1 heterocycles. The zero-order valence-electron chi connectivity index (χ0n) is 17.7. The van der Waals surface area contributed by atoms with E-state index in [9.17, 15) is 9.18 Å². The topological polar surface area (TPSA) is 53.8 Å². The van der Waals surface area contributed by atoms with Crippen molar-refractivity contribution in [3.05, 3.63) is 88.2 Å². The first-order chi connectivity index (χ1) is 15.4. The number of thioether (sulfide) groups is 1. The molecule has 3 aromatic carbocycles. The van der Waals surface area contributed by atoms with Crippen molar-refractivity contribution in [2.75, 3.05) is 11.1 Å². The molecule has 1 aliphatic heterocycles. The molecule has 4 nitrogen and oxygen atoms in total. The van der Waals surface area contributed by atoms with E-state index in [0.717, 1.165) is 38.8 Å². The lowest BCUT2D eigenvalue weighted by atomic mass is 10.1. The van der Waals surface area contributed by atoms with Gasteiger partial charge < -0.3 is 5.32 Å². The molecule has 32 heavy (non-hydrogen) atoms. The number of amides is 1. The molecule has 0 fully saturated rings. The predicted octanol–water partition coefficient (Wildman–Crippen LogP) is 7.02. The number of aryl methyl sites for hydroxylation is 2. The van der Waals surface area contributed by atoms with Crippen LogP contribution in [-0.2, 0) is 4.79 Å². The second kappa shape index (κ2) is 9.67. The van der Waals surface area contributed by atoms with Gasteiger partial charge in [-0.25, -0.2) is 9.38 Å². The fourth-order valence-electron chi connectivity index (χ4n) is 3.27. The number of fused-ring (bicyclic) bond motifs is 1. The Morgan fingerprint density at radius 2 is 1.72 bits per heavy atom. The SMILES string of the molecule is Cc1cc2c(cc1C)N=C(c1ccccc1)CC(SCC(=O)Nc1ccc(F)cc1Cl)=N2. The first-order valence-corrected chi connectivity index (χ1v) is 11.4. The Kier molecular flexibility index (Phi) is 6.72. The third-order valence-electron chi connectivity index (χ3n) is 5.09. The lowest BCUT2D eigenvalue weighted by molar-refractivity contribution is -0.113. The normalized spacial score (nSPS) is 13.0. The van der Waals surface area contributed by atoms with Gasteiger partial charge in [-0.1, -0.05) is 41.9 Å². The smallest absolute Gasteiger partial charge is 0.234 e. The van der Waals surface area contributed by atoms with Crippen LogP contribution in [0.25, 0.3) is 0 Å². The first kappa shape index (κ1) is 22.2. The quantitative estimate of drug-likeness (QED) is 0.450. The molecular formula is C25H21ClFN3OS. The molecule has 0 aliphatic carbocycles. The van der Waals surface area contributed by atoms with Crippen LogP contribution in [0.2, 0.25) is 5.02 Å². The van der Waals surface area contributed by atoms with Crippen LogP contribution in [0.4, 0.5) is 21.5 Å². The molecular weight excluding hydrogens is 445 g/mol. The molecule has 7 heteroatoms. The van der Waals surface area contributed by atoms with Crippen LogP contribution in [0.3, 0.4) is 0 Å². The Hall–Kier alpha value is -2.96. The largest absolute Gasteiger partial charge is 0.324 e. The van der Waals surface area contributed by atoms with Crippen molar-refractivity contribution >= 4 is 57.1 Å². The standard InChI is InChI=1S/C25H21ClFN3OS/c1-15-10-22-23(11-16(15)2)30-25(13-21(28-22)17-6-4-3-5-7-17)32-14-24(31)29-20-9-8-18(27)12-19(20)26/h3-12H,13-14H2,1-2H3,(H,29,31). The van der Waals surface area contributed by atoms with E-state index < -0.39 is 5.82 Å².